The molecular weight excluding hydrogens is 324 g/mol. The maximum absolute atomic E-state index is 11.7. The number of alkyl halides is 4. The molecule has 2 nitrogen and oxygen atoms in total. The number of rotatable bonds is 5. The maximum Gasteiger partial charge on any atom is 0.411 e. The summed E-state index contributed by atoms with van der Waals surface area (Å²) >= 11 is 9.11. The second-order valence-corrected chi connectivity index (χ2v) is 4.09. The van der Waals surface area contributed by atoms with E-state index in [0.29, 0.717) is 16.1 Å². The summed E-state index contributed by atoms with van der Waals surface area (Å²) in [6.45, 7) is -1.84. The summed E-state index contributed by atoms with van der Waals surface area (Å²) in [7, 11) is 0. The number of ether oxygens (including phenoxy) is 2. The zero-order valence-corrected chi connectivity index (χ0v) is 10.9. The largest absolute Gasteiger partial charge is 0.466 e. The van der Waals surface area contributed by atoms with Crippen LogP contribution in [0.1, 0.15) is 5.56 Å². The van der Waals surface area contributed by atoms with Gasteiger partial charge in [-0.25, -0.2) is 0 Å². The van der Waals surface area contributed by atoms with E-state index < -0.39 is 19.6 Å². The summed E-state index contributed by atoms with van der Waals surface area (Å²) in [5.74, 6) is 0.290. The van der Waals surface area contributed by atoms with Gasteiger partial charge in [0.05, 0.1) is 5.02 Å². The zero-order chi connectivity index (χ0) is 12.9. The van der Waals surface area contributed by atoms with E-state index in [2.05, 4.69) is 20.7 Å². The van der Waals surface area contributed by atoms with Gasteiger partial charge in [0.1, 0.15) is 12.4 Å². The minimum atomic E-state index is -4.35. The van der Waals surface area contributed by atoms with E-state index in [0.717, 1.165) is 5.56 Å². The first-order chi connectivity index (χ1) is 7.92. The van der Waals surface area contributed by atoms with E-state index in [1.54, 1.807) is 18.2 Å². The molecule has 0 bridgehead atoms. The van der Waals surface area contributed by atoms with Gasteiger partial charge in [0, 0.05) is 5.33 Å². The van der Waals surface area contributed by atoms with Gasteiger partial charge in [-0.15, -0.1) is 0 Å². The summed E-state index contributed by atoms with van der Waals surface area (Å²) in [4.78, 5) is 0. The first kappa shape index (κ1) is 14.6. The van der Waals surface area contributed by atoms with Crippen LogP contribution in [0.5, 0.6) is 5.75 Å². The molecule has 0 saturated heterocycles. The molecule has 0 aliphatic heterocycles. The minimum Gasteiger partial charge on any atom is -0.466 e. The molecule has 1 aromatic rings. The zero-order valence-electron chi connectivity index (χ0n) is 8.56. The van der Waals surface area contributed by atoms with Gasteiger partial charge in [-0.1, -0.05) is 33.6 Å². The number of hydrogen-bond acceptors (Lipinski definition) is 2. The van der Waals surface area contributed by atoms with Gasteiger partial charge in [0.25, 0.3) is 0 Å². The summed E-state index contributed by atoms with van der Waals surface area (Å²) in [5, 5.41) is 0.968. The summed E-state index contributed by atoms with van der Waals surface area (Å²) in [6, 6.07) is 4.99. The fourth-order valence-corrected chi connectivity index (χ4v) is 1.61. The van der Waals surface area contributed by atoms with Crippen molar-refractivity contribution in [1.29, 1.82) is 0 Å². The molecule has 0 fully saturated rings. The smallest absolute Gasteiger partial charge is 0.411 e. The van der Waals surface area contributed by atoms with E-state index in [1.807, 2.05) is 0 Å². The Kier molecular flexibility index (Phi) is 5.55. The lowest BCUT2D eigenvalue weighted by atomic mass is 10.2. The topological polar surface area (TPSA) is 18.5 Å². The number of benzene rings is 1. The molecule has 17 heavy (non-hydrogen) atoms. The van der Waals surface area contributed by atoms with Crippen LogP contribution in [0, 0.1) is 0 Å². The Labute approximate surface area is 110 Å². The molecule has 0 N–H and O–H groups in total. The second-order valence-electron chi connectivity index (χ2n) is 3.12. The van der Waals surface area contributed by atoms with Crippen molar-refractivity contribution >= 4 is 27.5 Å². The van der Waals surface area contributed by atoms with E-state index in [9.17, 15) is 13.2 Å². The molecule has 7 heteroatoms. The van der Waals surface area contributed by atoms with Crippen LogP contribution in [0.15, 0.2) is 18.2 Å². The highest BCUT2D eigenvalue weighted by atomic mass is 79.9. The van der Waals surface area contributed by atoms with Gasteiger partial charge < -0.3 is 9.47 Å². The molecule has 0 saturated carbocycles. The molecule has 0 aliphatic carbocycles. The molecule has 0 amide bonds. The van der Waals surface area contributed by atoms with Crippen LogP contribution < -0.4 is 4.74 Å². The van der Waals surface area contributed by atoms with Crippen LogP contribution >= 0.6 is 27.5 Å². The Bertz CT molecular complexity index is 371. The molecule has 0 atom stereocenters. The Morgan fingerprint density at radius 1 is 1.29 bits per heavy atom. The maximum atomic E-state index is 11.7. The van der Waals surface area contributed by atoms with E-state index in [-0.39, 0.29) is 0 Å². The van der Waals surface area contributed by atoms with Crippen molar-refractivity contribution in [2.75, 3.05) is 13.4 Å². The first-order valence-electron chi connectivity index (χ1n) is 4.54. The van der Waals surface area contributed by atoms with Crippen LogP contribution in [0.4, 0.5) is 13.2 Å². The second kappa shape index (κ2) is 6.47. The van der Waals surface area contributed by atoms with Gasteiger partial charge >= 0.3 is 6.18 Å². The van der Waals surface area contributed by atoms with Crippen molar-refractivity contribution in [3.05, 3.63) is 28.8 Å². The van der Waals surface area contributed by atoms with E-state index >= 15 is 0 Å². The molecule has 1 aromatic carbocycles. The Balaban J connectivity index is 2.42. The van der Waals surface area contributed by atoms with Crippen LogP contribution in [0.25, 0.3) is 0 Å². The molecule has 0 radical (unpaired) electrons. The molecular formula is C10H9BrClF3O2. The van der Waals surface area contributed by atoms with Gasteiger partial charge in [-0.3, -0.25) is 0 Å². The molecule has 0 spiro atoms. The van der Waals surface area contributed by atoms with Crippen molar-refractivity contribution in [2.45, 2.75) is 11.5 Å². The van der Waals surface area contributed by atoms with Gasteiger partial charge in [-0.2, -0.15) is 13.2 Å². The van der Waals surface area contributed by atoms with Crippen LogP contribution in [-0.2, 0) is 10.1 Å². The van der Waals surface area contributed by atoms with Gasteiger partial charge in [0.2, 0.25) is 0 Å². The van der Waals surface area contributed by atoms with E-state index in [1.165, 1.54) is 0 Å². The summed E-state index contributed by atoms with van der Waals surface area (Å²) < 4.78 is 44.5. The SMILES string of the molecule is FC(F)(F)COCOc1ccc(CBr)cc1Cl. The average Bonchev–Trinajstić information content (AvgIpc) is 2.24. The third-order valence-electron chi connectivity index (χ3n) is 1.71. The highest BCUT2D eigenvalue weighted by Gasteiger charge is 2.27. The number of halogens is 5. The lowest BCUT2D eigenvalue weighted by Crippen LogP contribution is -2.19. The quantitative estimate of drug-likeness (QED) is 0.458. The van der Waals surface area contributed by atoms with E-state index in [4.69, 9.17) is 16.3 Å². The monoisotopic (exact) mass is 332 g/mol. The third kappa shape index (κ3) is 5.61. The standard InChI is InChI=1S/C10H9BrClF3O2/c11-4-7-1-2-9(8(12)3-7)17-6-16-5-10(13,14)15/h1-3H,4-6H2. The molecule has 96 valence electrons. The Morgan fingerprint density at radius 3 is 2.53 bits per heavy atom. The number of hydrogen-bond donors (Lipinski definition) is 0. The fourth-order valence-electron chi connectivity index (χ4n) is 1.01. The summed E-state index contributed by atoms with van der Waals surface area (Å²) in [5.41, 5.74) is 0.943. The Morgan fingerprint density at radius 2 is 2.00 bits per heavy atom. The van der Waals surface area contributed by atoms with Crippen molar-refractivity contribution in [2.24, 2.45) is 0 Å². The highest BCUT2D eigenvalue weighted by molar-refractivity contribution is 9.08. The van der Waals surface area contributed by atoms with Crippen molar-refractivity contribution < 1.29 is 22.6 Å². The molecule has 0 aromatic heterocycles. The lowest BCUT2D eigenvalue weighted by Gasteiger charge is -2.10. The molecule has 0 unspecified atom stereocenters. The van der Waals surface area contributed by atoms with Crippen LogP contribution in [-0.4, -0.2) is 19.6 Å². The van der Waals surface area contributed by atoms with Crippen LogP contribution in [0.2, 0.25) is 5.02 Å². The van der Waals surface area contributed by atoms with Crippen molar-refractivity contribution in [1.82, 2.24) is 0 Å². The lowest BCUT2D eigenvalue weighted by molar-refractivity contribution is -0.186. The van der Waals surface area contributed by atoms with Crippen LogP contribution in [0.3, 0.4) is 0 Å². The van der Waals surface area contributed by atoms with Crippen molar-refractivity contribution in [3.63, 3.8) is 0 Å². The normalized spacial score (nSPS) is 11.6. The minimum absolute atomic E-state index is 0.290. The summed E-state index contributed by atoms with van der Waals surface area (Å²) in [6.07, 6.45) is -4.35. The van der Waals surface area contributed by atoms with Crippen molar-refractivity contribution in [3.8, 4) is 5.75 Å². The molecule has 0 aliphatic rings. The molecule has 1 rings (SSSR count). The predicted octanol–water partition coefficient (Wildman–Crippen LogP) is 4.15. The Hall–Kier alpha value is -0.460. The third-order valence-corrected chi connectivity index (χ3v) is 2.66. The molecule has 0 heterocycles. The first-order valence-corrected chi connectivity index (χ1v) is 6.04. The average molecular weight is 334 g/mol. The van der Waals surface area contributed by atoms with Gasteiger partial charge in [0.15, 0.2) is 6.79 Å². The van der Waals surface area contributed by atoms with Gasteiger partial charge in [-0.05, 0) is 17.7 Å². The fraction of sp³-hybridized carbons (Fsp3) is 0.400. The predicted molar refractivity (Wildman–Crippen MR) is 61.6 cm³/mol. The highest BCUT2D eigenvalue weighted by Crippen LogP contribution is 2.26.